The Bertz CT molecular complexity index is 1090. The average molecular weight is 573 g/mol. The van der Waals surface area contributed by atoms with E-state index in [9.17, 15) is 50.1 Å². The van der Waals surface area contributed by atoms with E-state index in [2.05, 4.69) is 0 Å². The molecule has 2 aliphatic rings. The third-order valence-electron chi connectivity index (χ3n) is 6.62. The van der Waals surface area contributed by atoms with E-state index in [4.69, 9.17) is 23.7 Å². The van der Waals surface area contributed by atoms with E-state index in [1.54, 1.807) is 0 Å². The molecule has 0 radical (unpaired) electrons. The summed E-state index contributed by atoms with van der Waals surface area (Å²) >= 11 is 0. The average Bonchev–Trinajstić information content (AvgIpc) is 2.92. The van der Waals surface area contributed by atoms with E-state index >= 15 is 0 Å². The van der Waals surface area contributed by atoms with Crippen molar-refractivity contribution in [2.75, 3.05) is 20.3 Å². The number of aliphatic hydroxyl groups excluding tert-OH is 4. The van der Waals surface area contributed by atoms with Gasteiger partial charge in [0.25, 0.3) is 0 Å². The molecule has 1 aromatic carbocycles. The summed E-state index contributed by atoms with van der Waals surface area (Å²) in [7, 11) is 1.08. The van der Waals surface area contributed by atoms with Gasteiger partial charge in [0, 0.05) is 18.3 Å². The largest absolute Gasteiger partial charge is 0.504 e. The summed E-state index contributed by atoms with van der Waals surface area (Å²) in [4.78, 5) is 36.9. The van der Waals surface area contributed by atoms with Crippen LogP contribution in [0.2, 0.25) is 0 Å². The minimum absolute atomic E-state index is 0.141. The number of benzene rings is 1. The summed E-state index contributed by atoms with van der Waals surface area (Å²) in [5.74, 6) is -6.10. The fourth-order valence-electron chi connectivity index (χ4n) is 4.46. The van der Waals surface area contributed by atoms with Crippen LogP contribution in [0.25, 0.3) is 0 Å². The van der Waals surface area contributed by atoms with Crippen LogP contribution in [0.3, 0.4) is 0 Å². The van der Waals surface area contributed by atoms with Crippen molar-refractivity contribution >= 4 is 17.9 Å². The summed E-state index contributed by atoms with van der Waals surface area (Å²) in [5, 5.41) is 68.4. The van der Waals surface area contributed by atoms with Crippen molar-refractivity contribution in [3.05, 3.63) is 35.6 Å². The first kappa shape index (κ1) is 31.1. The Morgan fingerprint density at radius 2 is 1.70 bits per heavy atom. The van der Waals surface area contributed by atoms with E-state index in [1.807, 2.05) is 0 Å². The van der Waals surface area contributed by atoms with E-state index in [1.165, 1.54) is 18.2 Å². The topological polar surface area (TPSA) is 239 Å². The Morgan fingerprint density at radius 3 is 2.33 bits per heavy atom. The quantitative estimate of drug-likeness (QED) is 0.118. The van der Waals surface area contributed by atoms with Crippen LogP contribution in [0.15, 0.2) is 30.0 Å². The molecule has 40 heavy (non-hydrogen) atoms. The Kier molecular flexibility index (Phi) is 10.7. The Balaban J connectivity index is 1.77. The molecule has 0 bridgehead atoms. The number of esters is 2. The predicted molar refractivity (Wildman–Crippen MR) is 128 cm³/mol. The van der Waals surface area contributed by atoms with Gasteiger partial charge >= 0.3 is 17.9 Å². The van der Waals surface area contributed by atoms with Gasteiger partial charge in [-0.15, -0.1) is 0 Å². The summed E-state index contributed by atoms with van der Waals surface area (Å²) in [6.45, 7) is -0.878. The molecule has 1 saturated heterocycles. The highest BCUT2D eigenvalue weighted by Gasteiger charge is 2.49. The second kappa shape index (κ2) is 13.7. The molecular formula is C25H32O15. The minimum atomic E-state index is -1.82. The van der Waals surface area contributed by atoms with Crippen LogP contribution in [0.5, 0.6) is 11.5 Å². The normalized spacial score (nSPS) is 30.1. The van der Waals surface area contributed by atoms with Crippen LogP contribution < -0.4 is 0 Å². The second-order valence-electron chi connectivity index (χ2n) is 9.27. The van der Waals surface area contributed by atoms with Gasteiger partial charge in [0.1, 0.15) is 24.4 Å². The van der Waals surface area contributed by atoms with Crippen LogP contribution in [0, 0.1) is 11.8 Å². The smallest absolute Gasteiger partial charge is 0.337 e. The highest BCUT2D eigenvalue weighted by Crippen LogP contribution is 2.38. The SMILES string of the molecule is COC(=O)C1=CO[C@H](O[C@@H]2O[C@@H](CO)[C@@H](O)[C@@H](O)[C@H]2O)[C@@H](CC(=O)O)[C@@H]1CC(=O)OCCc1ccc(O)c(O)c1. The molecule has 0 aliphatic carbocycles. The standard InChI is InChI=1S/C25H32O15/c1-36-23(35)14-10-38-24(40-25-22(34)21(33)20(32)17(9-26)39-25)13(7-18(29)30)12(14)8-19(31)37-5-4-11-2-3-15(27)16(28)6-11/h2-3,6,10,12-13,17,20-22,24-28,32-34H,4-5,7-9H2,1H3,(H,29,30)/t12-,13-,17-,20+,21+,22+,24+,25-/m0/s1. The van der Waals surface area contributed by atoms with Crippen LogP contribution in [0.4, 0.5) is 0 Å². The molecule has 15 nitrogen and oxygen atoms in total. The highest BCUT2D eigenvalue weighted by molar-refractivity contribution is 5.90. The number of phenolic OH excluding ortho intramolecular Hbond substituents is 2. The molecule has 15 heteroatoms. The van der Waals surface area contributed by atoms with Crippen molar-refractivity contribution < 1.29 is 73.8 Å². The number of phenols is 2. The molecule has 0 amide bonds. The molecule has 0 spiro atoms. The number of ether oxygens (including phenoxy) is 5. The lowest BCUT2D eigenvalue weighted by molar-refractivity contribution is -0.341. The van der Waals surface area contributed by atoms with Gasteiger partial charge in [-0.2, -0.15) is 0 Å². The van der Waals surface area contributed by atoms with Crippen LogP contribution in [-0.2, 0) is 44.5 Å². The van der Waals surface area contributed by atoms with E-state index in [0.29, 0.717) is 5.56 Å². The van der Waals surface area contributed by atoms with Crippen LogP contribution >= 0.6 is 0 Å². The number of aliphatic carboxylic acids is 1. The third kappa shape index (κ3) is 7.38. The van der Waals surface area contributed by atoms with Crippen molar-refractivity contribution in [1.82, 2.24) is 0 Å². The number of carbonyl (C=O) groups excluding carboxylic acids is 2. The number of rotatable bonds is 11. The Morgan fingerprint density at radius 1 is 0.975 bits per heavy atom. The second-order valence-corrected chi connectivity index (χ2v) is 9.27. The number of aliphatic hydroxyl groups is 4. The molecule has 222 valence electrons. The first-order chi connectivity index (χ1) is 19.0. The summed E-state index contributed by atoms with van der Waals surface area (Å²) in [5.41, 5.74) is 0.379. The Labute approximate surface area is 227 Å². The third-order valence-corrected chi connectivity index (χ3v) is 6.62. The van der Waals surface area contributed by atoms with Crippen molar-refractivity contribution in [2.45, 2.75) is 56.3 Å². The fourth-order valence-corrected chi connectivity index (χ4v) is 4.46. The van der Waals surface area contributed by atoms with Gasteiger partial charge in [0.05, 0.1) is 45.0 Å². The lowest BCUT2D eigenvalue weighted by Gasteiger charge is -2.43. The number of hydrogen-bond acceptors (Lipinski definition) is 14. The van der Waals surface area contributed by atoms with Gasteiger partial charge in [0.15, 0.2) is 17.8 Å². The van der Waals surface area contributed by atoms with Crippen molar-refractivity contribution in [2.24, 2.45) is 11.8 Å². The maximum atomic E-state index is 12.7. The summed E-state index contributed by atoms with van der Waals surface area (Å²) < 4.78 is 26.4. The first-order valence-electron chi connectivity index (χ1n) is 12.2. The van der Waals surface area contributed by atoms with Crippen molar-refractivity contribution in [3.8, 4) is 11.5 Å². The molecule has 0 saturated carbocycles. The van der Waals surface area contributed by atoms with E-state index in [0.717, 1.165) is 13.4 Å². The molecule has 2 heterocycles. The predicted octanol–water partition coefficient (Wildman–Crippen LogP) is -1.49. The van der Waals surface area contributed by atoms with Gasteiger partial charge in [-0.1, -0.05) is 6.07 Å². The van der Waals surface area contributed by atoms with E-state index < -0.39 is 86.2 Å². The molecule has 0 unspecified atom stereocenters. The zero-order valence-electron chi connectivity index (χ0n) is 21.4. The first-order valence-corrected chi connectivity index (χ1v) is 12.2. The van der Waals surface area contributed by atoms with Gasteiger partial charge in [0.2, 0.25) is 6.29 Å². The number of carbonyl (C=O) groups is 3. The number of carboxylic acids is 1. The maximum Gasteiger partial charge on any atom is 0.337 e. The van der Waals surface area contributed by atoms with Crippen molar-refractivity contribution in [3.63, 3.8) is 0 Å². The number of hydrogen-bond donors (Lipinski definition) is 7. The lowest BCUT2D eigenvalue weighted by atomic mass is 9.79. The molecule has 1 fully saturated rings. The summed E-state index contributed by atoms with van der Waals surface area (Å²) in [6.07, 6.45) is -9.86. The zero-order chi connectivity index (χ0) is 29.6. The highest BCUT2D eigenvalue weighted by atomic mass is 16.8. The van der Waals surface area contributed by atoms with Gasteiger partial charge in [-0.25, -0.2) is 4.79 Å². The van der Waals surface area contributed by atoms with Gasteiger partial charge in [-0.3, -0.25) is 9.59 Å². The van der Waals surface area contributed by atoms with Crippen LogP contribution in [-0.4, -0.2) is 111 Å². The number of methoxy groups -OCH3 is 1. The molecule has 0 aromatic heterocycles. The molecular weight excluding hydrogens is 540 g/mol. The zero-order valence-corrected chi connectivity index (χ0v) is 21.4. The molecule has 2 aliphatic heterocycles. The summed E-state index contributed by atoms with van der Waals surface area (Å²) in [6, 6.07) is 4.08. The molecule has 1 aromatic rings. The van der Waals surface area contributed by atoms with Crippen molar-refractivity contribution in [1.29, 1.82) is 0 Å². The van der Waals surface area contributed by atoms with Gasteiger partial charge < -0.3 is 59.4 Å². The Hall–Kier alpha value is -3.47. The minimum Gasteiger partial charge on any atom is -0.504 e. The number of aromatic hydroxyl groups is 2. The maximum absolute atomic E-state index is 12.7. The number of carboxylic acid groups (broad SMARTS) is 1. The van der Waals surface area contributed by atoms with Gasteiger partial charge in [-0.05, 0) is 17.7 Å². The van der Waals surface area contributed by atoms with E-state index in [-0.39, 0.29) is 30.1 Å². The monoisotopic (exact) mass is 572 g/mol. The van der Waals surface area contributed by atoms with Crippen LogP contribution in [0.1, 0.15) is 18.4 Å². The molecule has 8 atom stereocenters. The fraction of sp³-hybridized carbons (Fsp3) is 0.560. The lowest BCUT2D eigenvalue weighted by Crippen LogP contribution is -2.60. The molecule has 7 N–H and O–H groups in total. The molecule has 3 rings (SSSR count).